The third-order valence-corrected chi connectivity index (χ3v) is 4.00. The van der Waals surface area contributed by atoms with Crippen molar-refractivity contribution in [2.24, 2.45) is 0 Å². The van der Waals surface area contributed by atoms with Gasteiger partial charge in [0.05, 0.1) is 16.7 Å². The second kappa shape index (κ2) is 5.31. The Morgan fingerprint density at radius 3 is 2.80 bits per heavy atom. The number of H-pyrrole nitrogens is 1. The minimum absolute atomic E-state index is 0.00225. The molecule has 106 valence electrons. The number of nitrogen functional groups attached to an aromatic ring is 1. The number of hydrogen-bond donors (Lipinski definition) is 4. The van der Waals surface area contributed by atoms with Crippen molar-refractivity contribution in [2.45, 2.75) is 11.4 Å². The van der Waals surface area contributed by atoms with Gasteiger partial charge in [0, 0.05) is 24.0 Å². The van der Waals surface area contributed by atoms with Crippen LogP contribution in [0.4, 0.5) is 5.69 Å². The first-order chi connectivity index (χ1) is 9.40. The largest absolute Gasteiger partial charge is 0.478 e. The van der Waals surface area contributed by atoms with Gasteiger partial charge in [-0.1, -0.05) is 0 Å². The molecule has 9 heteroatoms. The van der Waals surface area contributed by atoms with E-state index in [1.807, 2.05) is 0 Å². The van der Waals surface area contributed by atoms with Crippen molar-refractivity contribution < 1.29 is 18.3 Å². The predicted molar refractivity (Wildman–Crippen MR) is 70.4 cm³/mol. The van der Waals surface area contributed by atoms with Gasteiger partial charge in [0.15, 0.2) is 0 Å². The van der Waals surface area contributed by atoms with Crippen LogP contribution in [-0.2, 0) is 16.6 Å². The zero-order chi connectivity index (χ0) is 14.8. The molecule has 2 rings (SSSR count). The molecule has 0 aliphatic rings. The van der Waals surface area contributed by atoms with Gasteiger partial charge in [-0.2, -0.15) is 5.10 Å². The van der Waals surface area contributed by atoms with Crippen LogP contribution >= 0.6 is 0 Å². The Labute approximate surface area is 114 Å². The third kappa shape index (κ3) is 2.95. The van der Waals surface area contributed by atoms with E-state index >= 15 is 0 Å². The lowest BCUT2D eigenvalue weighted by atomic mass is 10.2. The monoisotopic (exact) mass is 296 g/mol. The summed E-state index contributed by atoms with van der Waals surface area (Å²) in [5.41, 5.74) is 5.90. The maximum absolute atomic E-state index is 12.1. The number of nitrogens with zero attached hydrogens (tertiary/aromatic N) is 1. The first-order valence-corrected chi connectivity index (χ1v) is 6.98. The van der Waals surface area contributed by atoms with Crippen LogP contribution in [0, 0.1) is 0 Å². The molecule has 0 fully saturated rings. The number of rotatable bonds is 5. The summed E-state index contributed by atoms with van der Waals surface area (Å²) in [6.45, 7) is 0.00225. The third-order valence-electron chi connectivity index (χ3n) is 2.54. The Kier molecular flexibility index (Phi) is 3.72. The van der Waals surface area contributed by atoms with Crippen LogP contribution in [0.2, 0.25) is 0 Å². The zero-order valence-corrected chi connectivity index (χ0v) is 11.0. The Bertz CT molecular complexity index is 725. The highest BCUT2D eigenvalue weighted by atomic mass is 32.2. The lowest BCUT2D eigenvalue weighted by molar-refractivity contribution is 0.0692. The van der Waals surface area contributed by atoms with Crippen LogP contribution in [0.3, 0.4) is 0 Å². The van der Waals surface area contributed by atoms with Gasteiger partial charge in [0.25, 0.3) is 0 Å². The van der Waals surface area contributed by atoms with Gasteiger partial charge in [-0.15, -0.1) is 0 Å². The molecule has 1 heterocycles. The average Bonchev–Trinajstić information content (AvgIpc) is 2.89. The van der Waals surface area contributed by atoms with Gasteiger partial charge in [0.2, 0.25) is 10.0 Å². The van der Waals surface area contributed by atoms with Crippen LogP contribution < -0.4 is 10.5 Å². The molecular formula is C11H12N4O4S. The van der Waals surface area contributed by atoms with E-state index in [1.54, 1.807) is 0 Å². The molecule has 5 N–H and O–H groups in total. The fraction of sp³-hybridized carbons (Fsp3) is 0.0909. The lowest BCUT2D eigenvalue weighted by Gasteiger charge is -2.09. The standard InChI is InChI=1S/C11H12N4O4S/c12-8-1-2-10(9(3-8)11(16)17)20(18,19)15-6-7-4-13-14-5-7/h1-5,15H,6,12H2,(H,13,14)(H,16,17). The number of aromatic amines is 1. The first-order valence-electron chi connectivity index (χ1n) is 5.50. The molecule has 0 amide bonds. The number of nitrogens with two attached hydrogens (primary N) is 1. The lowest BCUT2D eigenvalue weighted by Crippen LogP contribution is -2.25. The number of sulfonamides is 1. The number of nitrogens with one attached hydrogen (secondary N) is 2. The molecule has 0 saturated heterocycles. The number of carboxylic acids is 1. The highest BCUT2D eigenvalue weighted by Crippen LogP contribution is 2.19. The number of carboxylic acid groups (broad SMARTS) is 1. The Balaban J connectivity index is 2.31. The van der Waals surface area contributed by atoms with Crippen molar-refractivity contribution in [1.82, 2.24) is 14.9 Å². The van der Waals surface area contributed by atoms with Crippen molar-refractivity contribution in [3.8, 4) is 0 Å². The summed E-state index contributed by atoms with van der Waals surface area (Å²) >= 11 is 0. The molecular weight excluding hydrogens is 284 g/mol. The molecule has 0 aliphatic heterocycles. The number of carbonyl (C=O) groups is 1. The Hall–Kier alpha value is -2.39. The summed E-state index contributed by atoms with van der Waals surface area (Å²) in [5.74, 6) is -1.36. The van der Waals surface area contributed by atoms with Crippen LogP contribution in [-0.4, -0.2) is 29.7 Å². The van der Waals surface area contributed by atoms with Crippen LogP contribution in [0.25, 0.3) is 0 Å². The highest BCUT2D eigenvalue weighted by molar-refractivity contribution is 7.89. The zero-order valence-electron chi connectivity index (χ0n) is 10.2. The van der Waals surface area contributed by atoms with Gasteiger partial charge < -0.3 is 10.8 Å². The van der Waals surface area contributed by atoms with E-state index < -0.39 is 16.0 Å². The molecule has 1 aromatic heterocycles. The van der Waals surface area contributed by atoms with Crippen molar-refractivity contribution in [3.63, 3.8) is 0 Å². The fourth-order valence-corrected chi connectivity index (χ4v) is 2.77. The van der Waals surface area contributed by atoms with Gasteiger partial charge in [-0.25, -0.2) is 17.9 Å². The van der Waals surface area contributed by atoms with Crippen LogP contribution in [0.15, 0.2) is 35.5 Å². The summed E-state index contributed by atoms with van der Waals surface area (Å²) in [6, 6.07) is 3.60. The molecule has 0 unspecified atom stereocenters. The van der Waals surface area contributed by atoms with E-state index in [0.717, 1.165) is 12.1 Å². The summed E-state index contributed by atoms with van der Waals surface area (Å²) in [5, 5.41) is 15.3. The maximum atomic E-state index is 12.1. The predicted octanol–water partition coefficient (Wildman–Crippen LogP) is 0.169. The first kappa shape index (κ1) is 14.0. The second-order valence-electron chi connectivity index (χ2n) is 3.99. The van der Waals surface area contributed by atoms with Gasteiger partial charge in [-0.3, -0.25) is 5.10 Å². The quantitative estimate of drug-likeness (QED) is 0.580. The molecule has 0 saturated carbocycles. The van der Waals surface area contributed by atoms with E-state index in [2.05, 4.69) is 14.9 Å². The van der Waals surface area contributed by atoms with Crippen LogP contribution in [0.5, 0.6) is 0 Å². The van der Waals surface area contributed by atoms with Crippen LogP contribution in [0.1, 0.15) is 15.9 Å². The Morgan fingerprint density at radius 1 is 1.45 bits per heavy atom. The van der Waals surface area contributed by atoms with Gasteiger partial charge in [0.1, 0.15) is 0 Å². The van der Waals surface area contributed by atoms with Gasteiger partial charge in [-0.05, 0) is 18.2 Å². The molecule has 0 radical (unpaired) electrons. The van der Waals surface area contributed by atoms with E-state index in [0.29, 0.717) is 5.56 Å². The van der Waals surface area contributed by atoms with E-state index in [1.165, 1.54) is 18.5 Å². The Morgan fingerprint density at radius 2 is 2.20 bits per heavy atom. The molecule has 0 bridgehead atoms. The second-order valence-corrected chi connectivity index (χ2v) is 5.73. The number of anilines is 1. The number of hydrogen-bond acceptors (Lipinski definition) is 5. The summed E-state index contributed by atoms with van der Waals surface area (Å²) in [6.07, 6.45) is 2.99. The van der Waals surface area contributed by atoms with Crippen molar-refractivity contribution in [3.05, 3.63) is 41.7 Å². The average molecular weight is 296 g/mol. The molecule has 0 spiro atoms. The molecule has 8 nitrogen and oxygen atoms in total. The summed E-state index contributed by atoms with van der Waals surface area (Å²) in [7, 11) is -3.96. The number of aromatic carboxylic acids is 1. The smallest absolute Gasteiger partial charge is 0.337 e. The topological polar surface area (TPSA) is 138 Å². The van der Waals surface area contributed by atoms with E-state index in [9.17, 15) is 13.2 Å². The number of benzene rings is 1. The van der Waals surface area contributed by atoms with E-state index in [4.69, 9.17) is 10.8 Å². The maximum Gasteiger partial charge on any atom is 0.337 e. The van der Waals surface area contributed by atoms with Crippen molar-refractivity contribution >= 4 is 21.7 Å². The fourth-order valence-electron chi connectivity index (χ4n) is 1.58. The molecule has 2 aromatic rings. The minimum atomic E-state index is -3.96. The molecule has 1 aromatic carbocycles. The number of aromatic nitrogens is 2. The highest BCUT2D eigenvalue weighted by Gasteiger charge is 2.22. The molecule has 0 atom stereocenters. The molecule has 20 heavy (non-hydrogen) atoms. The van der Waals surface area contributed by atoms with Gasteiger partial charge >= 0.3 is 5.97 Å². The molecule has 0 aliphatic carbocycles. The van der Waals surface area contributed by atoms with E-state index in [-0.39, 0.29) is 22.7 Å². The van der Waals surface area contributed by atoms with Crippen molar-refractivity contribution in [2.75, 3.05) is 5.73 Å². The normalized spacial score (nSPS) is 11.4. The SMILES string of the molecule is Nc1ccc(S(=O)(=O)NCc2cn[nH]c2)c(C(=O)O)c1. The summed E-state index contributed by atoms with van der Waals surface area (Å²) in [4.78, 5) is 10.8. The van der Waals surface area contributed by atoms with Crippen molar-refractivity contribution in [1.29, 1.82) is 0 Å². The minimum Gasteiger partial charge on any atom is -0.478 e. The summed E-state index contributed by atoms with van der Waals surface area (Å²) < 4.78 is 26.5.